The normalized spacial score (nSPS) is 19.8. The molecule has 9 nitrogen and oxygen atoms in total. The van der Waals surface area contributed by atoms with Crippen LogP contribution < -0.4 is 15.1 Å². The number of benzene rings is 2. The predicted molar refractivity (Wildman–Crippen MR) is 124 cm³/mol. The molecule has 0 unspecified atom stereocenters. The van der Waals surface area contributed by atoms with E-state index in [0.717, 1.165) is 6.07 Å². The van der Waals surface area contributed by atoms with Gasteiger partial charge in [0.15, 0.2) is 0 Å². The Morgan fingerprint density at radius 1 is 0.943 bits per heavy atom. The molecule has 3 amide bonds. The van der Waals surface area contributed by atoms with Gasteiger partial charge < -0.3 is 19.7 Å². The second kappa shape index (κ2) is 9.87. The summed E-state index contributed by atoms with van der Waals surface area (Å²) in [6.45, 7) is 2.47. The van der Waals surface area contributed by atoms with Crippen LogP contribution in [0.15, 0.2) is 36.4 Å². The average molecular weight is 488 g/mol. The maximum Gasteiger partial charge on any atom is 0.414 e. The molecule has 35 heavy (non-hydrogen) atoms. The summed E-state index contributed by atoms with van der Waals surface area (Å²) in [5, 5.41) is 2.57. The van der Waals surface area contributed by atoms with Gasteiger partial charge in [-0.25, -0.2) is 18.4 Å². The lowest BCUT2D eigenvalue weighted by Gasteiger charge is -2.17. The van der Waals surface area contributed by atoms with Crippen molar-refractivity contribution >= 4 is 29.5 Å². The summed E-state index contributed by atoms with van der Waals surface area (Å²) in [4.78, 5) is 40.0. The highest BCUT2D eigenvalue weighted by Gasteiger charge is 2.34. The number of rotatable bonds is 7. The van der Waals surface area contributed by atoms with Gasteiger partial charge >= 0.3 is 12.2 Å². The average Bonchev–Trinajstić information content (AvgIpc) is 3.33. The van der Waals surface area contributed by atoms with Crippen LogP contribution in [-0.2, 0) is 14.3 Å². The molecule has 2 aliphatic rings. The smallest absolute Gasteiger partial charge is 0.414 e. The Labute approximate surface area is 201 Å². The standard InChI is InChI=1S/C24H26F2N4O5/c1-14(31)27-10-17-12-29(23(32)34-17)15-4-6-19(21(25)8-15)20-7-5-16(9-22(20)26)30-13-18(11-28(2)3)35-24(30)33/h4-9,17-18H,10-13H2,1-3H3,(H,27,31)/t17-,18-/m0/s1. The zero-order valence-electron chi connectivity index (χ0n) is 19.6. The SMILES string of the molecule is CC(=O)NC[C@H]1CN(c2ccc(-c3ccc(N4C[C@H](CN(C)C)OC4=O)cc3F)c(F)c2)C(=O)O1. The number of nitrogens with zero attached hydrogens (tertiary/aromatic N) is 3. The van der Waals surface area contributed by atoms with Crippen molar-refractivity contribution in [1.29, 1.82) is 0 Å². The third-order valence-corrected chi connectivity index (χ3v) is 5.71. The summed E-state index contributed by atoms with van der Waals surface area (Å²) in [7, 11) is 3.73. The first-order valence-corrected chi connectivity index (χ1v) is 11.1. The number of hydrogen-bond donors (Lipinski definition) is 1. The maximum atomic E-state index is 15.0. The molecule has 0 aliphatic carbocycles. The number of anilines is 2. The lowest BCUT2D eigenvalue weighted by molar-refractivity contribution is -0.119. The lowest BCUT2D eigenvalue weighted by Crippen LogP contribution is -2.33. The summed E-state index contributed by atoms with van der Waals surface area (Å²) in [6.07, 6.45) is -2.11. The molecule has 2 heterocycles. The Morgan fingerprint density at radius 2 is 1.43 bits per heavy atom. The van der Waals surface area contributed by atoms with Crippen LogP contribution in [0.3, 0.4) is 0 Å². The summed E-state index contributed by atoms with van der Waals surface area (Å²) in [5.41, 5.74) is 0.599. The van der Waals surface area contributed by atoms with Crippen LogP contribution >= 0.6 is 0 Å². The molecule has 1 N–H and O–H groups in total. The minimum atomic E-state index is -0.723. The fraction of sp³-hybridized carbons (Fsp3) is 0.375. The van der Waals surface area contributed by atoms with Gasteiger partial charge in [0, 0.05) is 24.6 Å². The molecule has 186 valence electrons. The molecule has 2 saturated heterocycles. The van der Waals surface area contributed by atoms with Gasteiger partial charge in [-0.1, -0.05) is 0 Å². The molecule has 0 radical (unpaired) electrons. The first-order chi connectivity index (χ1) is 16.6. The Balaban J connectivity index is 1.50. The van der Waals surface area contributed by atoms with E-state index in [0.29, 0.717) is 12.2 Å². The molecule has 0 spiro atoms. The maximum absolute atomic E-state index is 15.0. The van der Waals surface area contributed by atoms with E-state index in [2.05, 4.69) is 5.32 Å². The largest absolute Gasteiger partial charge is 0.443 e. The van der Waals surface area contributed by atoms with E-state index in [1.807, 2.05) is 19.0 Å². The van der Waals surface area contributed by atoms with Crippen LogP contribution in [0, 0.1) is 11.6 Å². The fourth-order valence-electron chi connectivity index (χ4n) is 4.11. The number of carbonyl (C=O) groups is 3. The van der Waals surface area contributed by atoms with Crippen molar-refractivity contribution in [3.63, 3.8) is 0 Å². The molecule has 4 rings (SSSR count). The number of nitrogens with one attached hydrogen (secondary N) is 1. The van der Waals surface area contributed by atoms with Crippen LogP contribution in [0.25, 0.3) is 11.1 Å². The van der Waals surface area contributed by atoms with Crippen molar-refractivity contribution < 1.29 is 32.6 Å². The van der Waals surface area contributed by atoms with Gasteiger partial charge in [-0.2, -0.15) is 0 Å². The van der Waals surface area contributed by atoms with Crippen molar-refractivity contribution in [2.45, 2.75) is 19.1 Å². The number of hydrogen-bond acceptors (Lipinski definition) is 6. The minimum Gasteiger partial charge on any atom is -0.443 e. The highest BCUT2D eigenvalue weighted by molar-refractivity contribution is 5.91. The number of cyclic esters (lactones) is 2. The lowest BCUT2D eigenvalue weighted by atomic mass is 10.0. The quantitative estimate of drug-likeness (QED) is 0.645. The number of carbonyl (C=O) groups excluding carboxylic acids is 3. The van der Waals surface area contributed by atoms with E-state index in [-0.39, 0.29) is 48.5 Å². The third kappa shape index (κ3) is 5.35. The van der Waals surface area contributed by atoms with Crippen LogP contribution in [0.4, 0.5) is 29.7 Å². The van der Waals surface area contributed by atoms with Crippen LogP contribution in [-0.4, -0.2) is 75.5 Å². The van der Waals surface area contributed by atoms with Crippen LogP contribution in [0.1, 0.15) is 6.92 Å². The monoisotopic (exact) mass is 488 g/mol. The van der Waals surface area contributed by atoms with Crippen molar-refractivity contribution in [3.8, 4) is 11.1 Å². The zero-order valence-corrected chi connectivity index (χ0v) is 19.6. The van der Waals surface area contributed by atoms with Gasteiger partial charge in [-0.3, -0.25) is 14.6 Å². The summed E-state index contributed by atoms with van der Waals surface area (Å²) < 4.78 is 40.5. The molecule has 2 atom stereocenters. The molecule has 2 fully saturated rings. The van der Waals surface area contributed by atoms with Crippen LogP contribution in [0.5, 0.6) is 0 Å². The van der Waals surface area contributed by atoms with E-state index < -0.39 is 29.9 Å². The number of halogens is 2. The molecular formula is C24H26F2N4O5. The molecule has 0 saturated carbocycles. The van der Waals surface area contributed by atoms with Crippen molar-refractivity contribution in [2.75, 3.05) is 50.1 Å². The Bertz CT molecular complexity index is 1160. The van der Waals surface area contributed by atoms with Gasteiger partial charge in [0.25, 0.3) is 0 Å². The summed E-state index contributed by atoms with van der Waals surface area (Å²) in [5.74, 6) is -1.68. The minimum absolute atomic E-state index is 0.00893. The number of amides is 3. The van der Waals surface area contributed by atoms with Crippen molar-refractivity contribution in [2.24, 2.45) is 0 Å². The van der Waals surface area contributed by atoms with E-state index in [9.17, 15) is 23.2 Å². The van der Waals surface area contributed by atoms with Crippen LogP contribution in [0.2, 0.25) is 0 Å². The van der Waals surface area contributed by atoms with Gasteiger partial charge in [0.05, 0.1) is 31.0 Å². The second-order valence-corrected chi connectivity index (χ2v) is 8.76. The summed E-state index contributed by atoms with van der Waals surface area (Å²) in [6, 6.07) is 8.13. The van der Waals surface area contributed by atoms with E-state index in [4.69, 9.17) is 9.47 Å². The first kappa shape index (κ1) is 24.4. The van der Waals surface area contributed by atoms with E-state index >= 15 is 0 Å². The molecule has 11 heteroatoms. The predicted octanol–water partition coefficient (Wildman–Crippen LogP) is 2.98. The molecule has 0 aromatic heterocycles. The van der Waals surface area contributed by atoms with Gasteiger partial charge in [0.2, 0.25) is 5.91 Å². The number of likely N-dealkylation sites (N-methyl/N-ethyl adjacent to an activating group) is 1. The van der Waals surface area contributed by atoms with Gasteiger partial charge in [0.1, 0.15) is 23.8 Å². The fourth-order valence-corrected chi connectivity index (χ4v) is 4.11. The van der Waals surface area contributed by atoms with E-state index in [1.54, 1.807) is 0 Å². The Morgan fingerprint density at radius 3 is 1.89 bits per heavy atom. The number of ether oxygens (including phenoxy) is 2. The molecule has 2 aliphatic heterocycles. The van der Waals surface area contributed by atoms with Gasteiger partial charge in [-0.15, -0.1) is 0 Å². The first-order valence-electron chi connectivity index (χ1n) is 11.1. The highest BCUT2D eigenvalue weighted by Crippen LogP contribution is 2.33. The molecule has 2 aromatic carbocycles. The third-order valence-electron chi connectivity index (χ3n) is 5.71. The van der Waals surface area contributed by atoms with Crippen molar-refractivity contribution in [1.82, 2.24) is 10.2 Å². The van der Waals surface area contributed by atoms with Crippen molar-refractivity contribution in [3.05, 3.63) is 48.0 Å². The van der Waals surface area contributed by atoms with E-state index in [1.165, 1.54) is 47.1 Å². The van der Waals surface area contributed by atoms with Gasteiger partial charge in [-0.05, 0) is 50.5 Å². The summed E-state index contributed by atoms with van der Waals surface area (Å²) >= 11 is 0. The second-order valence-electron chi connectivity index (χ2n) is 8.76. The topological polar surface area (TPSA) is 91.4 Å². The highest BCUT2D eigenvalue weighted by atomic mass is 19.1. The Hall–Kier alpha value is -3.73. The molecule has 0 bridgehead atoms. The Kier molecular flexibility index (Phi) is 6.88. The molecule has 2 aromatic rings. The zero-order chi connectivity index (χ0) is 25.3. The molecular weight excluding hydrogens is 462 g/mol.